The molecule has 0 unspecified atom stereocenters. The molecule has 28 heavy (non-hydrogen) atoms. The number of H-pyrrole nitrogens is 1. The first-order valence-electron chi connectivity index (χ1n) is 9.74. The van der Waals surface area contributed by atoms with Crippen molar-refractivity contribution in [3.8, 4) is 0 Å². The van der Waals surface area contributed by atoms with Crippen LogP contribution in [0.3, 0.4) is 0 Å². The zero-order valence-electron chi connectivity index (χ0n) is 16.1. The van der Waals surface area contributed by atoms with Crippen molar-refractivity contribution in [3.05, 3.63) is 46.0 Å². The number of carbonyl (C=O) groups excluding carboxylic acids is 2. The van der Waals surface area contributed by atoms with Crippen LogP contribution in [0.15, 0.2) is 29.1 Å². The third-order valence-corrected chi connectivity index (χ3v) is 6.07. The summed E-state index contributed by atoms with van der Waals surface area (Å²) in [6.45, 7) is 5.57. The van der Waals surface area contributed by atoms with E-state index in [0.29, 0.717) is 30.4 Å². The summed E-state index contributed by atoms with van der Waals surface area (Å²) in [5.41, 5.74) is -0.346. The minimum absolute atomic E-state index is 0.117. The Labute approximate surface area is 162 Å². The van der Waals surface area contributed by atoms with E-state index in [0.717, 1.165) is 19.4 Å². The maximum Gasteiger partial charge on any atom is 0.254 e. The molecule has 2 amide bonds. The van der Waals surface area contributed by atoms with E-state index in [1.54, 1.807) is 4.90 Å². The second kappa shape index (κ2) is 6.72. The zero-order valence-corrected chi connectivity index (χ0v) is 16.1. The Morgan fingerprint density at radius 1 is 1.18 bits per heavy atom. The molecular formula is C21H24FN3O3. The summed E-state index contributed by atoms with van der Waals surface area (Å²) in [6.07, 6.45) is 2.31. The number of carbonyl (C=O) groups is 2. The normalized spacial score (nSPS) is 22.6. The van der Waals surface area contributed by atoms with Crippen molar-refractivity contribution in [1.29, 1.82) is 0 Å². The molecule has 1 atom stereocenters. The lowest BCUT2D eigenvalue weighted by atomic mass is 9.78. The average molecular weight is 385 g/mol. The molecule has 2 saturated heterocycles. The maximum atomic E-state index is 13.7. The quantitative estimate of drug-likeness (QED) is 0.863. The Morgan fingerprint density at radius 2 is 1.96 bits per heavy atom. The smallest absolute Gasteiger partial charge is 0.254 e. The van der Waals surface area contributed by atoms with Gasteiger partial charge < -0.3 is 14.8 Å². The van der Waals surface area contributed by atoms with Crippen molar-refractivity contribution in [1.82, 2.24) is 14.8 Å². The molecule has 1 spiro atoms. The summed E-state index contributed by atoms with van der Waals surface area (Å²) in [7, 11) is 0. The second-order valence-corrected chi connectivity index (χ2v) is 8.19. The zero-order chi connectivity index (χ0) is 20.1. The fourth-order valence-corrected chi connectivity index (χ4v) is 4.59. The van der Waals surface area contributed by atoms with E-state index in [4.69, 9.17) is 0 Å². The van der Waals surface area contributed by atoms with Crippen molar-refractivity contribution in [2.24, 2.45) is 5.41 Å². The summed E-state index contributed by atoms with van der Waals surface area (Å²) >= 11 is 0. The number of nitrogens with one attached hydrogen (secondary N) is 1. The lowest BCUT2D eigenvalue weighted by molar-refractivity contribution is -0.147. The molecule has 7 heteroatoms. The van der Waals surface area contributed by atoms with Crippen molar-refractivity contribution in [2.45, 2.75) is 39.2 Å². The van der Waals surface area contributed by atoms with Crippen LogP contribution in [0.4, 0.5) is 4.39 Å². The van der Waals surface area contributed by atoms with E-state index in [-0.39, 0.29) is 23.4 Å². The highest BCUT2D eigenvalue weighted by molar-refractivity contribution is 6.06. The lowest BCUT2D eigenvalue weighted by Gasteiger charge is -2.41. The van der Waals surface area contributed by atoms with E-state index in [1.807, 2.05) is 18.7 Å². The highest BCUT2D eigenvalue weighted by Crippen LogP contribution is 2.41. The molecule has 4 rings (SSSR count). The molecule has 2 fully saturated rings. The van der Waals surface area contributed by atoms with Gasteiger partial charge in [0.1, 0.15) is 5.82 Å². The number of aromatic amines is 1. The van der Waals surface area contributed by atoms with Crippen molar-refractivity contribution < 1.29 is 14.0 Å². The van der Waals surface area contributed by atoms with Crippen LogP contribution < -0.4 is 5.56 Å². The predicted octanol–water partition coefficient (Wildman–Crippen LogP) is 2.53. The van der Waals surface area contributed by atoms with Gasteiger partial charge in [-0.1, -0.05) is 0 Å². The number of halogens is 1. The first kappa shape index (κ1) is 18.7. The van der Waals surface area contributed by atoms with E-state index < -0.39 is 16.8 Å². The summed E-state index contributed by atoms with van der Waals surface area (Å²) in [6, 6.07) is 5.32. The van der Waals surface area contributed by atoms with Gasteiger partial charge in [0.05, 0.1) is 11.0 Å². The molecule has 0 aliphatic carbocycles. The Balaban J connectivity index is 1.66. The summed E-state index contributed by atoms with van der Waals surface area (Å²) < 4.78 is 13.7. The molecule has 1 aromatic carbocycles. The highest BCUT2D eigenvalue weighted by atomic mass is 19.1. The van der Waals surface area contributed by atoms with Gasteiger partial charge in [-0.2, -0.15) is 0 Å². The number of nitrogens with zero attached hydrogens (tertiary/aromatic N) is 2. The molecule has 3 heterocycles. The second-order valence-electron chi connectivity index (χ2n) is 8.19. The molecular weight excluding hydrogens is 361 g/mol. The number of fused-ring (bicyclic) bond motifs is 1. The molecule has 0 radical (unpaired) electrons. The van der Waals surface area contributed by atoms with E-state index in [2.05, 4.69) is 4.98 Å². The summed E-state index contributed by atoms with van der Waals surface area (Å²) in [5, 5.41) is 0.379. The first-order valence-corrected chi connectivity index (χ1v) is 9.74. The maximum absolute atomic E-state index is 13.7. The average Bonchev–Trinajstić information content (AvgIpc) is 3.08. The van der Waals surface area contributed by atoms with E-state index in [9.17, 15) is 18.8 Å². The van der Waals surface area contributed by atoms with Crippen LogP contribution in [0.2, 0.25) is 0 Å². The van der Waals surface area contributed by atoms with Crippen LogP contribution >= 0.6 is 0 Å². The van der Waals surface area contributed by atoms with Gasteiger partial charge in [0.2, 0.25) is 11.5 Å². The van der Waals surface area contributed by atoms with Gasteiger partial charge >= 0.3 is 0 Å². The van der Waals surface area contributed by atoms with Gasteiger partial charge in [0, 0.05) is 42.6 Å². The molecule has 148 valence electrons. The standard InChI is InChI=1S/C21H24FN3O3/c1-13(2)25-8-3-6-21(20(25)28)7-9-24(12-21)19(27)16-11-18(26)23-17-5-4-14(22)10-15(16)17/h4-5,10-11,13H,3,6-9,12H2,1-2H3,(H,23,26)/t21-/m0/s1. The fourth-order valence-electron chi connectivity index (χ4n) is 4.59. The molecule has 2 aliphatic heterocycles. The molecule has 6 nitrogen and oxygen atoms in total. The largest absolute Gasteiger partial charge is 0.340 e. The van der Waals surface area contributed by atoms with Crippen molar-refractivity contribution in [2.75, 3.05) is 19.6 Å². The van der Waals surface area contributed by atoms with Crippen LogP contribution in [0.1, 0.15) is 43.5 Å². The monoisotopic (exact) mass is 385 g/mol. The van der Waals surface area contributed by atoms with Crippen LogP contribution in [-0.2, 0) is 4.79 Å². The van der Waals surface area contributed by atoms with Crippen molar-refractivity contribution >= 4 is 22.7 Å². The third kappa shape index (κ3) is 2.99. The number of likely N-dealkylation sites (tertiary alicyclic amines) is 2. The van der Waals surface area contributed by atoms with Crippen LogP contribution in [-0.4, -0.2) is 52.3 Å². The summed E-state index contributed by atoms with van der Waals surface area (Å²) in [5.74, 6) is -0.680. The molecule has 2 aromatic rings. The van der Waals surface area contributed by atoms with Gasteiger partial charge in [-0.25, -0.2) is 4.39 Å². The fraction of sp³-hybridized carbons (Fsp3) is 0.476. The van der Waals surface area contributed by atoms with Gasteiger partial charge in [-0.15, -0.1) is 0 Å². The Kier molecular flexibility index (Phi) is 4.48. The number of rotatable bonds is 2. The molecule has 0 bridgehead atoms. The van der Waals surface area contributed by atoms with E-state index in [1.165, 1.54) is 24.3 Å². The number of amides is 2. The Morgan fingerprint density at radius 3 is 2.71 bits per heavy atom. The number of piperidine rings is 1. The van der Waals surface area contributed by atoms with E-state index >= 15 is 0 Å². The Hall–Kier alpha value is -2.70. The van der Waals surface area contributed by atoms with Gasteiger partial charge in [-0.3, -0.25) is 14.4 Å². The van der Waals surface area contributed by atoms with Gasteiger partial charge in [0.15, 0.2) is 0 Å². The summed E-state index contributed by atoms with van der Waals surface area (Å²) in [4.78, 5) is 44.5. The first-order chi connectivity index (χ1) is 13.3. The minimum Gasteiger partial charge on any atom is -0.340 e. The van der Waals surface area contributed by atoms with Crippen LogP contribution in [0.5, 0.6) is 0 Å². The predicted molar refractivity (Wildman–Crippen MR) is 104 cm³/mol. The highest BCUT2D eigenvalue weighted by Gasteiger charge is 2.49. The van der Waals surface area contributed by atoms with Crippen LogP contribution in [0, 0.1) is 11.2 Å². The number of pyridine rings is 1. The molecule has 1 N–H and O–H groups in total. The number of benzene rings is 1. The Bertz CT molecular complexity index is 1020. The lowest BCUT2D eigenvalue weighted by Crippen LogP contribution is -2.52. The van der Waals surface area contributed by atoms with Crippen LogP contribution in [0.25, 0.3) is 10.9 Å². The van der Waals surface area contributed by atoms with Gasteiger partial charge in [0.25, 0.3) is 5.91 Å². The topological polar surface area (TPSA) is 73.5 Å². The van der Waals surface area contributed by atoms with Gasteiger partial charge in [-0.05, 0) is 51.3 Å². The number of hydrogen-bond acceptors (Lipinski definition) is 3. The van der Waals surface area contributed by atoms with Crippen molar-refractivity contribution in [3.63, 3.8) is 0 Å². The number of hydrogen-bond donors (Lipinski definition) is 1. The third-order valence-electron chi connectivity index (χ3n) is 6.07. The SMILES string of the molecule is CC(C)N1CCC[C@@]2(CCN(C(=O)c3cc(=O)[nH]c4ccc(F)cc34)C2)C1=O. The molecule has 0 saturated carbocycles. The molecule has 1 aromatic heterocycles. The minimum atomic E-state index is -0.541. The number of aromatic nitrogens is 1. The molecule has 2 aliphatic rings.